The highest BCUT2D eigenvalue weighted by Crippen LogP contribution is 2.45. The third-order valence-electron chi connectivity index (χ3n) is 10.7. The van der Waals surface area contributed by atoms with Gasteiger partial charge in [0.1, 0.15) is 11.5 Å². The van der Waals surface area contributed by atoms with E-state index in [2.05, 4.69) is 15.3 Å². The second-order valence-electron chi connectivity index (χ2n) is 14.1. The first-order valence-electron chi connectivity index (χ1n) is 18.3. The number of aromatic nitrogens is 3. The van der Waals surface area contributed by atoms with Crippen LogP contribution in [-0.4, -0.2) is 52.6 Å². The van der Waals surface area contributed by atoms with E-state index in [0.717, 1.165) is 46.3 Å². The van der Waals surface area contributed by atoms with Gasteiger partial charge in [-0.3, -0.25) is 9.59 Å². The van der Waals surface area contributed by atoms with Crippen molar-refractivity contribution in [3.05, 3.63) is 87.3 Å². The molecule has 9 nitrogen and oxygen atoms in total. The van der Waals surface area contributed by atoms with Gasteiger partial charge in [-0.25, -0.2) is 15.0 Å². The molecule has 6 rings (SSSR count). The highest BCUT2D eigenvalue weighted by Gasteiger charge is 2.39. The number of nitrogens with one attached hydrogen (secondary N) is 1. The molecule has 3 atom stereocenters. The summed E-state index contributed by atoms with van der Waals surface area (Å²) in [7, 11) is 2.90. The van der Waals surface area contributed by atoms with Crippen LogP contribution in [0.3, 0.4) is 0 Å². The minimum absolute atomic E-state index is 0.000873. The van der Waals surface area contributed by atoms with E-state index in [4.69, 9.17) is 26.1 Å². The predicted molar refractivity (Wildman–Crippen MR) is 199 cm³/mol. The number of hydrogen-bond donors (Lipinski definition) is 2. The molecule has 2 heterocycles. The molecular weight excluding hydrogens is 721 g/mol. The fourth-order valence-electron chi connectivity index (χ4n) is 7.78. The van der Waals surface area contributed by atoms with Gasteiger partial charge in [0.2, 0.25) is 11.8 Å². The number of Topliss-reactive ketones (excluding diaryl/α,β-unsaturated/α-hetero) is 1. The van der Waals surface area contributed by atoms with E-state index < -0.39 is 23.8 Å². The van der Waals surface area contributed by atoms with Crippen molar-refractivity contribution in [2.24, 2.45) is 11.8 Å². The summed E-state index contributed by atoms with van der Waals surface area (Å²) in [5.41, 5.74) is 4.59. The van der Waals surface area contributed by atoms with Crippen LogP contribution < -0.4 is 14.8 Å². The van der Waals surface area contributed by atoms with Crippen LogP contribution in [0.4, 0.5) is 13.2 Å². The molecule has 1 saturated carbocycles. The molecule has 0 saturated heterocycles. The van der Waals surface area contributed by atoms with Gasteiger partial charge in [-0.05, 0) is 86.1 Å². The third kappa shape index (κ3) is 8.55. The molecule has 0 radical (unpaired) electrons. The van der Waals surface area contributed by atoms with Gasteiger partial charge in [0.05, 0.1) is 36.5 Å². The van der Waals surface area contributed by atoms with Crippen LogP contribution in [-0.2, 0) is 41.6 Å². The van der Waals surface area contributed by atoms with Crippen LogP contribution in [0.15, 0.2) is 48.5 Å². The average Bonchev–Trinajstić information content (AvgIpc) is 3.77. The first-order chi connectivity index (χ1) is 25.9. The average molecular weight is 765 g/mol. The number of halogens is 4. The van der Waals surface area contributed by atoms with Gasteiger partial charge in [0, 0.05) is 36.1 Å². The maximum atomic E-state index is 14.5. The second-order valence-corrected chi connectivity index (χ2v) is 14.5. The van der Waals surface area contributed by atoms with Crippen molar-refractivity contribution in [3.63, 3.8) is 0 Å². The number of nitrogens with zero attached hydrogens (tertiary/aromatic N) is 3. The number of carboxylic acid groups (broad SMARTS) is 1. The lowest BCUT2D eigenvalue weighted by molar-refractivity contribution is -0.143. The fourth-order valence-corrected chi connectivity index (χ4v) is 8.10. The monoisotopic (exact) mass is 764 g/mol. The normalized spacial score (nSPS) is 17.4. The lowest BCUT2D eigenvalue weighted by Gasteiger charge is -2.19. The maximum absolute atomic E-state index is 14.5. The Morgan fingerprint density at radius 3 is 2.39 bits per heavy atom. The molecule has 13 heteroatoms. The topological polar surface area (TPSA) is 124 Å². The van der Waals surface area contributed by atoms with Crippen molar-refractivity contribution < 1.29 is 37.3 Å². The zero-order valence-corrected chi connectivity index (χ0v) is 31.3. The standard InChI is InChI=1S/C41H44ClF3N4O5/c1-4-24(40(51)52)13-18-34-39(54-3)49-35(37(47-34)41(43,44)45)20-25-12-16-30-28(25)7-5-8-29(30)31-9-6-10-32(36(31)42)33-17-14-26(38(48-33)53-2)22-46-21-23-11-15-27(50)19-23/h5-10,14,17,23-25,46H,4,11-13,15-16,18-22H2,1-3H3,(H,51,52)/t23-,24-,25-/m1/s1. The van der Waals surface area contributed by atoms with E-state index in [-0.39, 0.29) is 42.4 Å². The molecule has 2 aliphatic rings. The summed E-state index contributed by atoms with van der Waals surface area (Å²) >= 11 is 7.13. The summed E-state index contributed by atoms with van der Waals surface area (Å²) in [6.45, 7) is 3.02. The number of alkyl halides is 3. The van der Waals surface area contributed by atoms with E-state index in [1.165, 1.54) is 7.11 Å². The van der Waals surface area contributed by atoms with Crippen LogP contribution >= 0.6 is 11.6 Å². The molecule has 54 heavy (non-hydrogen) atoms. The fraction of sp³-hybridized carbons (Fsp3) is 0.439. The molecule has 1 fully saturated rings. The van der Waals surface area contributed by atoms with Crippen molar-refractivity contribution in [1.29, 1.82) is 0 Å². The first-order valence-corrected chi connectivity index (χ1v) is 18.7. The predicted octanol–water partition coefficient (Wildman–Crippen LogP) is 8.67. The number of aliphatic carboxylic acids is 1. The van der Waals surface area contributed by atoms with Crippen LogP contribution in [0, 0.1) is 11.8 Å². The number of fused-ring (bicyclic) bond motifs is 1. The number of ketones is 1. The molecule has 0 amide bonds. The maximum Gasteiger partial charge on any atom is 0.435 e. The summed E-state index contributed by atoms with van der Waals surface area (Å²) in [6.07, 6.45) is -0.880. The highest BCUT2D eigenvalue weighted by atomic mass is 35.5. The Bertz CT molecular complexity index is 2020. The van der Waals surface area contributed by atoms with E-state index in [1.807, 2.05) is 48.5 Å². The number of carbonyl (C=O) groups is 2. The quantitative estimate of drug-likeness (QED) is 0.122. The smallest absolute Gasteiger partial charge is 0.435 e. The highest BCUT2D eigenvalue weighted by molar-refractivity contribution is 6.36. The minimum atomic E-state index is -4.76. The van der Waals surface area contributed by atoms with Crippen molar-refractivity contribution in [2.45, 2.75) is 83.4 Å². The number of hydrogen-bond acceptors (Lipinski definition) is 8. The van der Waals surface area contributed by atoms with Crippen LogP contribution in [0.25, 0.3) is 22.4 Å². The Kier molecular flexibility index (Phi) is 12.2. The van der Waals surface area contributed by atoms with Crippen LogP contribution in [0.5, 0.6) is 11.8 Å². The van der Waals surface area contributed by atoms with E-state index in [9.17, 15) is 27.9 Å². The third-order valence-corrected chi connectivity index (χ3v) is 11.1. The lowest BCUT2D eigenvalue weighted by Crippen LogP contribution is -2.21. The number of ether oxygens (including phenoxy) is 2. The van der Waals surface area contributed by atoms with E-state index in [0.29, 0.717) is 66.9 Å². The Balaban J connectivity index is 1.25. The number of aryl methyl sites for hydroxylation is 1. The number of pyridine rings is 1. The van der Waals surface area contributed by atoms with Crippen LogP contribution in [0.2, 0.25) is 5.02 Å². The van der Waals surface area contributed by atoms with Gasteiger partial charge in [-0.2, -0.15) is 13.2 Å². The summed E-state index contributed by atoms with van der Waals surface area (Å²) in [5.74, 6) is -0.850. The molecule has 0 aliphatic heterocycles. The molecule has 2 aromatic heterocycles. The molecular formula is C41H44ClF3N4O5. The summed E-state index contributed by atoms with van der Waals surface area (Å²) in [6, 6.07) is 15.4. The van der Waals surface area contributed by atoms with Crippen LogP contribution in [0.1, 0.15) is 85.1 Å². The minimum Gasteiger partial charge on any atom is -0.481 e. The van der Waals surface area contributed by atoms with Gasteiger partial charge in [-0.1, -0.05) is 61.0 Å². The van der Waals surface area contributed by atoms with Crippen molar-refractivity contribution >= 4 is 23.4 Å². The molecule has 4 aromatic rings. The molecule has 0 spiro atoms. The first kappa shape index (κ1) is 39.2. The Hall–Kier alpha value is -4.55. The largest absolute Gasteiger partial charge is 0.481 e. The van der Waals surface area contributed by atoms with E-state index in [1.54, 1.807) is 14.0 Å². The zero-order chi connectivity index (χ0) is 38.6. The number of carbonyl (C=O) groups excluding carboxylic acids is 1. The van der Waals surface area contributed by atoms with Gasteiger partial charge < -0.3 is 19.9 Å². The number of benzene rings is 2. The van der Waals surface area contributed by atoms with E-state index >= 15 is 0 Å². The summed E-state index contributed by atoms with van der Waals surface area (Å²) in [5, 5.41) is 13.4. The Morgan fingerprint density at radius 2 is 1.70 bits per heavy atom. The molecule has 286 valence electrons. The number of methoxy groups -OCH3 is 2. The summed E-state index contributed by atoms with van der Waals surface area (Å²) < 4.78 is 54.4. The summed E-state index contributed by atoms with van der Waals surface area (Å²) in [4.78, 5) is 36.3. The van der Waals surface area contributed by atoms with Gasteiger partial charge in [0.15, 0.2) is 5.69 Å². The van der Waals surface area contributed by atoms with Gasteiger partial charge in [0.25, 0.3) is 0 Å². The Labute approximate surface area is 317 Å². The zero-order valence-electron chi connectivity index (χ0n) is 30.6. The second kappa shape index (κ2) is 16.9. The SMILES string of the molecule is CC[C@H](CCc1nc(C(F)(F)F)c(C[C@H]2CCc3c(-c4cccc(-c5ccc(CNC[C@@H]6CCC(=O)C6)c(OC)n5)c4Cl)cccc32)nc1OC)C(=O)O. The Morgan fingerprint density at radius 1 is 0.963 bits per heavy atom. The molecule has 0 unspecified atom stereocenters. The molecule has 2 N–H and O–H groups in total. The number of carboxylic acids is 1. The van der Waals surface area contributed by atoms with Crippen molar-refractivity contribution in [2.75, 3.05) is 20.8 Å². The lowest BCUT2D eigenvalue weighted by atomic mass is 9.91. The number of rotatable bonds is 15. The molecule has 2 aliphatic carbocycles. The molecule has 0 bridgehead atoms. The molecule has 2 aromatic carbocycles. The van der Waals surface area contributed by atoms with Crippen molar-refractivity contribution in [1.82, 2.24) is 20.3 Å². The van der Waals surface area contributed by atoms with Crippen molar-refractivity contribution in [3.8, 4) is 34.1 Å². The van der Waals surface area contributed by atoms with Gasteiger partial charge >= 0.3 is 12.1 Å². The van der Waals surface area contributed by atoms with Gasteiger partial charge in [-0.15, -0.1) is 0 Å².